The molecule has 0 radical (unpaired) electrons. The molecule has 0 spiro atoms. The molecule has 3 nitrogen and oxygen atoms in total. The van der Waals surface area contributed by atoms with E-state index < -0.39 is 0 Å². The van der Waals surface area contributed by atoms with Crippen LogP contribution >= 0.6 is 0 Å². The molecule has 0 aromatic rings. The Kier molecular flexibility index (Phi) is 4.56. The minimum atomic E-state index is 0.221. The van der Waals surface area contributed by atoms with Crippen LogP contribution in [-0.2, 0) is 0 Å². The first-order valence-corrected chi connectivity index (χ1v) is 6.07. The van der Waals surface area contributed by atoms with Crippen LogP contribution in [0.2, 0.25) is 0 Å². The molecule has 1 aliphatic rings. The maximum Gasteiger partial charge on any atom is 0.0597 e. The Morgan fingerprint density at radius 2 is 2.07 bits per heavy atom. The molecular formula is C12H26N2O. The second-order valence-corrected chi connectivity index (χ2v) is 5.37. The fraction of sp³-hybridized carbons (Fsp3) is 1.00. The van der Waals surface area contributed by atoms with Gasteiger partial charge in [0, 0.05) is 24.2 Å². The first kappa shape index (κ1) is 12.9. The van der Waals surface area contributed by atoms with E-state index in [1.165, 1.54) is 12.8 Å². The fourth-order valence-corrected chi connectivity index (χ4v) is 1.59. The van der Waals surface area contributed by atoms with Crippen molar-refractivity contribution in [2.45, 2.75) is 57.7 Å². The third-order valence-corrected chi connectivity index (χ3v) is 3.66. The van der Waals surface area contributed by atoms with E-state index in [0.717, 1.165) is 13.0 Å². The van der Waals surface area contributed by atoms with Gasteiger partial charge in [-0.3, -0.25) is 4.90 Å². The number of rotatable bonds is 7. The zero-order valence-electron chi connectivity index (χ0n) is 10.6. The molecule has 1 saturated carbocycles. The van der Waals surface area contributed by atoms with E-state index in [1.54, 1.807) is 0 Å². The molecule has 1 aliphatic carbocycles. The summed E-state index contributed by atoms with van der Waals surface area (Å²) in [6.45, 7) is 7.87. The molecule has 0 heterocycles. The van der Waals surface area contributed by atoms with Crippen molar-refractivity contribution >= 4 is 0 Å². The Morgan fingerprint density at radius 3 is 2.47 bits per heavy atom. The summed E-state index contributed by atoms with van der Waals surface area (Å²) < 4.78 is 0. The van der Waals surface area contributed by atoms with Crippen molar-refractivity contribution in [3.63, 3.8) is 0 Å². The summed E-state index contributed by atoms with van der Waals surface area (Å²) in [7, 11) is 2.14. The molecule has 3 heteroatoms. The van der Waals surface area contributed by atoms with Gasteiger partial charge in [0.15, 0.2) is 0 Å². The quantitative estimate of drug-likeness (QED) is 0.669. The lowest BCUT2D eigenvalue weighted by Gasteiger charge is -2.37. The van der Waals surface area contributed by atoms with Gasteiger partial charge < -0.3 is 10.4 Å². The standard InChI is InChI=1S/C12H26N2O/c1-5-12(2,3)14(4)8-11(9-15)13-10-6-7-10/h10-11,13,15H,5-9H2,1-4H3. The van der Waals surface area contributed by atoms with E-state index in [2.05, 4.69) is 38.0 Å². The van der Waals surface area contributed by atoms with Crippen LogP contribution in [0.25, 0.3) is 0 Å². The van der Waals surface area contributed by atoms with E-state index in [4.69, 9.17) is 0 Å². The van der Waals surface area contributed by atoms with Crippen molar-refractivity contribution in [2.75, 3.05) is 20.2 Å². The molecule has 0 amide bonds. The Labute approximate surface area is 93.9 Å². The highest BCUT2D eigenvalue weighted by Gasteiger charge is 2.27. The summed E-state index contributed by atoms with van der Waals surface area (Å²) in [6.07, 6.45) is 3.68. The third kappa shape index (κ3) is 4.09. The summed E-state index contributed by atoms with van der Waals surface area (Å²) in [5.41, 5.74) is 0.221. The predicted molar refractivity (Wildman–Crippen MR) is 64.0 cm³/mol. The van der Waals surface area contributed by atoms with Gasteiger partial charge in [-0.1, -0.05) is 6.92 Å². The van der Waals surface area contributed by atoms with Crippen LogP contribution in [-0.4, -0.2) is 47.8 Å². The molecule has 1 rings (SSSR count). The van der Waals surface area contributed by atoms with Gasteiger partial charge in [-0.2, -0.15) is 0 Å². The highest BCUT2D eigenvalue weighted by molar-refractivity contribution is 4.87. The second-order valence-electron chi connectivity index (χ2n) is 5.37. The Morgan fingerprint density at radius 1 is 1.47 bits per heavy atom. The summed E-state index contributed by atoms with van der Waals surface area (Å²) in [4.78, 5) is 2.34. The predicted octanol–water partition coefficient (Wildman–Crippen LogP) is 1.22. The third-order valence-electron chi connectivity index (χ3n) is 3.66. The van der Waals surface area contributed by atoms with Crippen LogP contribution in [0.3, 0.4) is 0 Å². The minimum Gasteiger partial charge on any atom is -0.395 e. The van der Waals surface area contributed by atoms with Crippen LogP contribution in [0.4, 0.5) is 0 Å². The Bertz CT molecular complexity index is 190. The van der Waals surface area contributed by atoms with Crippen molar-refractivity contribution in [2.24, 2.45) is 0 Å². The molecule has 0 aromatic carbocycles. The largest absolute Gasteiger partial charge is 0.395 e. The van der Waals surface area contributed by atoms with Crippen molar-refractivity contribution < 1.29 is 5.11 Å². The zero-order chi connectivity index (χ0) is 11.5. The van der Waals surface area contributed by atoms with Crippen molar-refractivity contribution in [1.82, 2.24) is 10.2 Å². The molecule has 15 heavy (non-hydrogen) atoms. The number of aliphatic hydroxyl groups is 1. The van der Waals surface area contributed by atoms with E-state index in [-0.39, 0.29) is 18.2 Å². The first-order chi connectivity index (χ1) is 6.99. The fourth-order valence-electron chi connectivity index (χ4n) is 1.59. The monoisotopic (exact) mass is 214 g/mol. The second kappa shape index (κ2) is 5.28. The average molecular weight is 214 g/mol. The van der Waals surface area contributed by atoms with Crippen molar-refractivity contribution in [3.05, 3.63) is 0 Å². The summed E-state index contributed by atoms with van der Waals surface area (Å²) in [5, 5.41) is 12.8. The topological polar surface area (TPSA) is 35.5 Å². The smallest absolute Gasteiger partial charge is 0.0597 e. The lowest BCUT2D eigenvalue weighted by Crippen LogP contribution is -2.50. The Hall–Kier alpha value is -0.120. The molecule has 0 aromatic heterocycles. The van der Waals surface area contributed by atoms with Gasteiger partial charge in [-0.25, -0.2) is 0 Å². The number of hydrogen-bond donors (Lipinski definition) is 2. The van der Waals surface area contributed by atoms with Crippen LogP contribution in [0, 0.1) is 0 Å². The number of nitrogens with zero attached hydrogens (tertiary/aromatic N) is 1. The molecule has 1 unspecified atom stereocenters. The first-order valence-electron chi connectivity index (χ1n) is 6.07. The van der Waals surface area contributed by atoms with Gasteiger partial charge in [0.1, 0.15) is 0 Å². The van der Waals surface area contributed by atoms with Gasteiger partial charge in [0.2, 0.25) is 0 Å². The van der Waals surface area contributed by atoms with E-state index in [1.807, 2.05) is 0 Å². The SMILES string of the molecule is CCC(C)(C)N(C)CC(CO)NC1CC1. The van der Waals surface area contributed by atoms with E-state index in [0.29, 0.717) is 6.04 Å². The summed E-state index contributed by atoms with van der Waals surface area (Å²) in [5.74, 6) is 0. The number of hydrogen-bond acceptors (Lipinski definition) is 3. The van der Waals surface area contributed by atoms with E-state index in [9.17, 15) is 5.11 Å². The van der Waals surface area contributed by atoms with Gasteiger partial charge in [-0.15, -0.1) is 0 Å². The molecule has 1 atom stereocenters. The molecule has 0 bridgehead atoms. The van der Waals surface area contributed by atoms with Gasteiger partial charge in [0.05, 0.1) is 6.61 Å². The Balaban J connectivity index is 2.35. The van der Waals surface area contributed by atoms with Crippen LogP contribution < -0.4 is 5.32 Å². The molecule has 1 fully saturated rings. The van der Waals surface area contributed by atoms with Gasteiger partial charge in [0.25, 0.3) is 0 Å². The van der Waals surface area contributed by atoms with Crippen LogP contribution in [0.15, 0.2) is 0 Å². The molecular weight excluding hydrogens is 188 g/mol. The van der Waals surface area contributed by atoms with Crippen LogP contribution in [0.5, 0.6) is 0 Å². The normalized spacial score (nSPS) is 19.6. The van der Waals surface area contributed by atoms with Crippen molar-refractivity contribution in [1.29, 1.82) is 0 Å². The molecule has 0 saturated heterocycles. The average Bonchev–Trinajstić information content (AvgIpc) is 3.00. The maximum absolute atomic E-state index is 9.30. The molecule has 90 valence electrons. The molecule has 0 aliphatic heterocycles. The van der Waals surface area contributed by atoms with E-state index >= 15 is 0 Å². The number of nitrogens with one attached hydrogen (secondary N) is 1. The maximum atomic E-state index is 9.30. The summed E-state index contributed by atoms with van der Waals surface area (Å²) >= 11 is 0. The van der Waals surface area contributed by atoms with Crippen LogP contribution in [0.1, 0.15) is 40.0 Å². The lowest BCUT2D eigenvalue weighted by molar-refractivity contribution is 0.115. The number of likely N-dealkylation sites (N-methyl/N-ethyl adjacent to an activating group) is 1. The number of aliphatic hydroxyl groups excluding tert-OH is 1. The van der Waals surface area contributed by atoms with Gasteiger partial charge in [-0.05, 0) is 40.2 Å². The van der Waals surface area contributed by atoms with Crippen molar-refractivity contribution in [3.8, 4) is 0 Å². The highest BCUT2D eigenvalue weighted by Crippen LogP contribution is 2.21. The zero-order valence-corrected chi connectivity index (χ0v) is 10.6. The minimum absolute atomic E-state index is 0.221. The van der Waals surface area contributed by atoms with Gasteiger partial charge >= 0.3 is 0 Å². The highest BCUT2D eigenvalue weighted by atomic mass is 16.3. The summed E-state index contributed by atoms with van der Waals surface area (Å²) in [6, 6.07) is 0.897. The lowest BCUT2D eigenvalue weighted by atomic mass is 9.99. The molecule has 2 N–H and O–H groups in total.